The van der Waals surface area contributed by atoms with Crippen LogP contribution in [0.1, 0.15) is 37.6 Å². The summed E-state index contributed by atoms with van der Waals surface area (Å²) in [5, 5.41) is 0. The summed E-state index contributed by atoms with van der Waals surface area (Å²) >= 11 is 0. The predicted octanol–water partition coefficient (Wildman–Crippen LogP) is 3.95. The number of rotatable bonds is 4. The van der Waals surface area contributed by atoms with Crippen LogP contribution in [0.3, 0.4) is 0 Å². The van der Waals surface area contributed by atoms with Gasteiger partial charge in [0.15, 0.2) is 0 Å². The monoisotopic (exact) mass is 368 g/mol. The minimum atomic E-state index is -0.512. The highest BCUT2D eigenvalue weighted by Gasteiger charge is 2.31. The lowest BCUT2D eigenvalue weighted by Gasteiger charge is -2.24. The number of benzene rings is 1. The van der Waals surface area contributed by atoms with E-state index in [9.17, 15) is 9.59 Å². The lowest BCUT2D eigenvalue weighted by atomic mass is 10.1. The highest BCUT2D eigenvalue weighted by atomic mass is 16.6. The predicted molar refractivity (Wildman–Crippen MR) is 102 cm³/mol. The Morgan fingerprint density at radius 2 is 2.00 bits per heavy atom. The lowest BCUT2D eigenvalue weighted by molar-refractivity contribution is 0.0275. The van der Waals surface area contributed by atoms with Crippen LogP contribution in [0.2, 0.25) is 0 Å². The average molecular weight is 368 g/mol. The van der Waals surface area contributed by atoms with Crippen LogP contribution in [0.25, 0.3) is 11.3 Å². The van der Waals surface area contributed by atoms with E-state index in [2.05, 4.69) is 4.98 Å². The van der Waals surface area contributed by atoms with Crippen molar-refractivity contribution in [2.45, 2.75) is 38.9 Å². The smallest absolute Gasteiger partial charge is 0.410 e. The lowest BCUT2D eigenvalue weighted by Crippen LogP contribution is -2.36. The van der Waals surface area contributed by atoms with Gasteiger partial charge in [-0.05, 0) is 32.9 Å². The maximum atomic E-state index is 12.2. The SMILES string of the molecule is CC(C)(C)OC(=O)N1CCC(Oc2cccc(-c3cccc(C=O)c3)n2)C1. The third-order valence-corrected chi connectivity index (χ3v) is 4.13. The molecule has 1 aromatic heterocycles. The van der Waals surface area contributed by atoms with Crippen molar-refractivity contribution < 1.29 is 19.1 Å². The molecule has 1 aromatic carbocycles. The summed E-state index contributed by atoms with van der Waals surface area (Å²) in [5.74, 6) is 0.500. The Morgan fingerprint density at radius 1 is 1.22 bits per heavy atom. The first-order valence-electron chi connectivity index (χ1n) is 9.01. The van der Waals surface area contributed by atoms with E-state index >= 15 is 0 Å². The van der Waals surface area contributed by atoms with Crippen LogP contribution in [0, 0.1) is 0 Å². The Bertz CT molecular complexity index is 829. The number of carbonyl (C=O) groups excluding carboxylic acids is 2. The van der Waals surface area contributed by atoms with Crippen molar-refractivity contribution in [3.63, 3.8) is 0 Å². The third-order valence-electron chi connectivity index (χ3n) is 4.13. The second-order valence-electron chi connectivity index (χ2n) is 7.56. The van der Waals surface area contributed by atoms with Gasteiger partial charge in [0.1, 0.15) is 18.0 Å². The first-order valence-corrected chi connectivity index (χ1v) is 9.01. The van der Waals surface area contributed by atoms with Crippen LogP contribution < -0.4 is 4.74 Å². The zero-order valence-electron chi connectivity index (χ0n) is 15.8. The maximum absolute atomic E-state index is 12.2. The molecule has 1 unspecified atom stereocenters. The van der Waals surface area contributed by atoms with Gasteiger partial charge in [0.05, 0.1) is 12.2 Å². The van der Waals surface area contributed by atoms with Crippen molar-refractivity contribution in [3.8, 4) is 17.1 Å². The van der Waals surface area contributed by atoms with E-state index in [1.807, 2.05) is 45.0 Å². The van der Waals surface area contributed by atoms with Gasteiger partial charge in [0.2, 0.25) is 5.88 Å². The number of hydrogen-bond donors (Lipinski definition) is 0. The Kier molecular flexibility index (Phi) is 5.44. The van der Waals surface area contributed by atoms with Crippen LogP contribution in [-0.2, 0) is 4.74 Å². The summed E-state index contributed by atoms with van der Waals surface area (Å²) < 4.78 is 11.4. The molecule has 0 saturated carbocycles. The molecule has 6 nitrogen and oxygen atoms in total. The normalized spacial score (nSPS) is 16.9. The topological polar surface area (TPSA) is 68.7 Å². The summed E-state index contributed by atoms with van der Waals surface area (Å²) in [6, 6.07) is 12.8. The number of pyridine rings is 1. The Balaban J connectivity index is 1.65. The number of likely N-dealkylation sites (tertiary alicyclic amines) is 1. The Hall–Kier alpha value is -2.89. The molecular weight excluding hydrogens is 344 g/mol. The quantitative estimate of drug-likeness (QED) is 0.765. The third kappa shape index (κ3) is 5.06. The van der Waals surface area contributed by atoms with Crippen LogP contribution in [0.5, 0.6) is 5.88 Å². The molecular formula is C21H24N2O4. The van der Waals surface area contributed by atoms with Crippen LogP contribution in [0.15, 0.2) is 42.5 Å². The molecule has 0 N–H and O–H groups in total. The van der Waals surface area contributed by atoms with Gasteiger partial charge in [0, 0.05) is 30.2 Å². The molecule has 1 atom stereocenters. The van der Waals surface area contributed by atoms with Crippen LogP contribution >= 0.6 is 0 Å². The standard InChI is InChI=1S/C21H24N2O4/c1-21(2,3)27-20(25)23-11-10-17(13-23)26-19-9-5-8-18(22-19)16-7-4-6-15(12-16)14-24/h4-9,12,14,17H,10-11,13H2,1-3H3. The molecule has 1 amide bonds. The fourth-order valence-corrected chi connectivity index (χ4v) is 2.90. The van der Waals surface area contributed by atoms with Crippen LogP contribution in [-0.4, -0.2) is 47.1 Å². The number of aromatic nitrogens is 1. The summed E-state index contributed by atoms with van der Waals surface area (Å²) in [5.41, 5.74) is 1.68. The summed E-state index contributed by atoms with van der Waals surface area (Å²) in [6.45, 7) is 6.63. The fraction of sp³-hybridized carbons (Fsp3) is 0.381. The van der Waals surface area contributed by atoms with E-state index in [1.165, 1.54) is 0 Å². The van der Waals surface area contributed by atoms with Gasteiger partial charge in [-0.3, -0.25) is 4.79 Å². The van der Waals surface area contributed by atoms with Crippen molar-refractivity contribution in [1.82, 2.24) is 9.88 Å². The second kappa shape index (κ2) is 7.78. The van der Waals surface area contributed by atoms with Crippen molar-refractivity contribution in [2.75, 3.05) is 13.1 Å². The molecule has 1 aliphatic rings. The second-order valence-corrected chi connectivity index (χ2v) is 7.56. The molecule has 1 fully saturated rings. The van der Waals surface area contributed by atoms with E-state index in [4.69, 9.17) is 9.47 Å². The minimum Gasteiger partial charge on any atom is -0.472 e. The van der Waals surface area contributed by atoms with Crippen molar-refractivity contribution in [3.05, 3.63) is 48.0 Å². The minimum absolute atomic E-state index is 0.124. The van der Waals surface area contributed by atoms with Gasteiger partial charge in [-0.15, -0.1) is 0 Å². The van der Waals surface area contributed by atoms with Gasteiger partial charge in [0.25, 0.3) is 0 Å². The van der Waals surface area contributed by atoms with Crippen LogP contribution in [0.4, 0.5) is 4.79 Å². The highest BCUT2D eigenvalue weighted by molar-refractivity contribution is 5.78. The summed E-state index contributed by atoms with van der Waals surface area (Å²) in [6.07, 6.45) is 1.10. The molecule has 27 heavy (non-hydrogen) atoms. The van der Waals surface area contributed by atoms with E-state index in [0.717, 1.165) is 24.0 Å². The Labute approximate surface area is 159 Å². The Morgan fingerprint density at radius 3 is 2.74 bits per heavy atom. The molecule has 0 radical (unpaired) electrons. The van der Waals surface area contributed by atoms with Crippen molar-refractivity contribution in [1.29, 1.82) is 0 Å². The highest BCUT2D eigenvalue weighted by Crippen LogP contribution is 2.23. The molecule has 3 rings (SSSR count). The molecule has 0 bridgehead atoms. The largest absolute Gasteiger partial charge is 0.472 e. The number of carbonyl (C=O) groups is 2. The molecule has 142 valence electrons. The van der Waals surface area contributed by atoms with Gasteiger partial charge < -0.3 is 14.4 Å². The molecule has 1 aliphatic heterocycles. The number of nitrogens with zero attached hydrogens (tertiary/aromatic N) is 2. The van der Waals surface area contributed by atoms with E-state index < -0.39 is 5.60 Å². The molecule has 6 heteroatoms. The maximum Gasteiger partial charge on any atom is 0.410 e. The summed E-state index contributed by atoms with van der Waals surface area (Å²) in [7, 11) is 0. The molecule has 0 aliphatic carbocycles. The number of hydrogen-bond acceptors (Lipinski definition) is 5. The molecule has 2 heterocycles. The molecule has 1 saturated heterocycles. The van der Waals surface area contributed by atoms with Gasteiger partial charge in [-0.25, -0.2) is 9.78 Å². The zero-order chi connectivity index (χ0) is 19.4. The van der Waals surface area contributed by atoms with E-state index in [1.54, 1.807) is 23.1 Å². The van der Waals surface area contributed by atoms with Gasteiger partial charge in [-0.2, -0.15) is 0 Å². The van der Waals surface area contributed by atoms with Crippen molar-refractivity contribution in [2.24, 2.45) is 0 Å². The van der Waals surface area contributed by atoms with Crippen molar-refractivity contribution >= 4 is 12.4 Å². The first kappa shape index (κ1) is 18.9. The van der Waals surface area contributed by atoms with E-state index in [0.29, 0.717) is 24.5 Å². The van der Waals surface area contributed by atoms with E-state index in [-0.39, 0.29) is 12.2 Å². The summed E-state index contributed by atoms with van der Waals surface area (Å²) in [4.78, 5) is 29.3. The number of ether oxygens (including phenoxy) is 2. The molecule has 0 spiro atoms. The zero-order valence-corrected chi connectivity index (χ0v) is 15.8. The fourth-order valence-electron chi connectivity index (χ4n) is 2.90. The average Bonchev–Trinajstić information content (AvgIpc) is 3.09. The number of amides is 1. The first-order chi connectivity index (χ1) is 12.8. The van der Waals surface area contributed by atoms with Gasteiger partial charge >= 0.3 is 6.09 Å². The van der Waals surface area contributed by atoms with Gasteiger partial charge in [-0.1, -0.05) is 24.3 Å². The number of aldehydes is 1. The molecule has 2 aromatic rings.